The summed E-state index contributed by atoms with van der Waals surface area (Å²) in [5.74, 6) is -2.19. The fourth-order valence-electron chi connectivity index (χ4n) is 2.69. The number of benzene rings is 2. The zero-order valence-corrected chi connectivity index (χ0v) is 15.3. The van der Waals surface area contributed by atoms with Crippen LogP contribution in [0.5, 0.6) is 0 Å². The summed E-state index contributed by atoms with van der Waals surface area (Å²) in [6, 6.07) is 16.4. The Morgan fingerprint density at radius 2 is 1.77 bits per heavy atom. The zero-order chi connectivity index (χ0) is 18.5. The molecule has 0 aliphatic heterocycles. The van der Waals surface area contributed by atoms with Gasteiger partial charge in [-0.1, -0.05) is 60.1 Å². The fraction of sp³-hybridized carbons (Fsp3) is 0.150. The Morgan fingerprint density at radius 1 is 1.08 bits per heavy atom. The Morgan fingerprint density at radius 3 is 2.46 bits per heavy atom. The predicted octanol–water partition coefficient (Wildman–Crippen LogP) is 4.83. The number of Topliss-reactive ketones (excluding diaryl/α,β-unsaturated/α-hetero) is 1. The number of carbonyl (C=O) groups is 2. The predicted molar refractivity (Wildman–Crippen MR) is 103 cm³/mol. The fourth-order valence-corrected chi connectivity index (χ4v) is 3.78. The van der Waals surface area contributed by atoms with Crippen molar-refractivity contribution in [2.45, 2.75) is 18.8 Å². The number of carboxylic acid groups (broad SMARTS) is 1. The molecule has 6 heteroatoms. The average Bonchev–Trinajstić information content (AvgIpc) is 3.09. The lowest BCUT2D eigenvalue weighted by Crippen LogP contribution is -2.17. The van der Waals surface area contributed by atoms with E-state index in [4.69, 9.17) is 11.6 Å². The number of thiazole rings is 1. The lowest BCUT2D eigenvalue weighted by atomic mass is 9.92. The van der Waals surface area contributed by atoms with Crippen LogP contribution in [-0.4, -0.2) is 21.8 Å². The molecule has 0 saturated heterocycles. The summed E-state index contributed by atoms with van der Waals surface area (Å²) in [7, 11) is 0. The maximum absolute atomic E-state index is 12.4. The number of ketones is 1. The first-order chi connectivity index (χ1) is 12.5. The molecule has 0 aliphatic carbocycles. The van der Waals surface area contributed by atoms with Crippen LogP contribution in [0.15, 0.2) is 60.0 Å². The molecular formula is C20H16ClNO3S. The lowest BCUT2D eigenvalue weighted by Gasteiger charge is -2.13. The van der Waals surface area contributed by atoms with E-state index in [0.29, 0.717) is 16.3 Å². The van der Waals surface area contributed by atoms with Crippen LogP contribution in [0.25, 0.3) is 10.6 Å². The van der Waals surface area contributed by atoms with Gasteiger partial charge in [-0.3, -0.25) is 9.59 Å². The molecule has 1 unspecified atom stereocenters. The Hall–Kier alpha value is -2.50. The number of halogens is 1. The van der Waals surface area contributed by atoms with E-state index in [0.717, 1.165) is 10.6 Å². The number of hydrogen-bond acceptors (Lipinski definition) is 4. The number of carbonyl (C=O) groups excluding carboxylic acids is 1. The Balaban J connectivity index is 1.71. The Labute approximate surface area is 160 Å². The minimum absolute atomic E-state index is 0.109. The molecule has 0 fully saturated rings. The third-order valence-electron chi connectivity index (χ3n) is 3.96. The third-order valence-corrected chi connectivity index (χ3v) is 5.25. The summed E-state index contributed by atoms with van der Waals surface area (Å²) in [6.07, 6.45) is -0.00513. The van der Waals surface area contributed by atoms with E-state index < -0.39 is 11.9 Å². The van der Waals surface area contributed by atoms with Gasteiger partial charge in [0.1, 0.15) is 10.8 Å². The molecule has 0 amide bonds. The van der Waals surface area contributed by atoms with Crippen molar-refractivity contribution in [2.75, 3.05) is 0 Å². The van der Waals surface area contributed by atoms with Gasteiger partial charge in [0, 0.05) is 28.8 Å². The van der Waals surface area contributed by atoms with E-state index in [-0.39, 0.29) is 18.6 Å². The zero-order valence-electron chi connectivity index (χ0n) is 13.8. The highest BCUT2D eigenvalue weighted by molar-refractivity contribution is 7.13. The van der Waals surface area contributed by atoms with Crippen LogP contribution in [0.1, 0.15) is 23.6 Å². The molecule has 1 aromatic heterocycles. The van der Waals surface area contributed by atoms with Crippen LogP contribution < -0.4 is 0 Å². The van der Waals surface area contributed by atoms with E-state index in [9.17, 15) is 14.7 Å². The SMILES string of the molecule is O=C(Cc1csc(-c2ccccc2)n1)CC(C(=O)O)c1ccccc1Cl. The molecule has 4 nitrogen and oxygen atoms in total. The van der Waals surface area contributed by atoms with Crippen LogP contribution in [-0.2, 0) is 16.0 Å². The monoisotopic (exact) mass is 385 g/mol. The van der Waals surface area contributed by atoms with Crippen molar-refractivity contribution in [3.63, 3.8) is 0 Å². The summed E-state index contributed by atoms with van der Waals surface area (Å²) in [6.45, 7) is 0. The highest BCUT2D eigenvalue weighted by Gasteiger charge is 2.25. The minimum atomic E-state index is -1.06. The summed E-state index contributed by atoms with van der Waals surface area (Å²) in [4.78, 5) is 28.5. The average molecular weight is 386 g/mol. The van der Waals surface area contributed by atoms with Gasteiger partial charge in [0.25, 0.3) is 0 Å². The van der Waals surface area contributed by atoms with Gasteiger partial charge in [-0.15, -0.1) is 11.3 Å². The third kappa shape index (κ3) is 4.36. The largest absolute Gasteiger partial charge is 0.481 e. The minimum Gasteiger partial charge on any atom is -0.481 e. The molecule has 0 bridgehead atoms. The van der Waals surface area contributed by atoms with Gasteiger partial charge >= 0.3 is 5.97 Å². The first-order valence-corrected chi connectivity index (χ1v) is 9.29. The molecule has 0 aliphatic rings. The van der Waals surface area contributed by atoms with Gasteiger partial charge in [0.15, 0.2) is 0 Å². The standard InChI is InChI=1S/C20H16ClNO3S/c21-18-9-5-4-8-16(18)17(20(24)25)11-15(23)10-14-12-26-19(22-14)13-6-2-1-3-7-13/h1-9,12,17H,10-11H2,(H,24,25). The maximum Gasteiger partial charge on any atom is 0.311 e. The highest BCUT2D eigenvalue weighted by Crippen LogP contribution is 2.29. The van der Waals surface area contributed by atoms with Crippen molar-refractivity contribution in [2.24, 2.45) is 0 Å². The van der Waals surface area contributed by atoms with E-state index in [1.54, 1.807) is 24.3 Å². The summed E-state index contributed by atoms with van der Waals surface area (Å²) in [5.41, 5.74) is 2.11. The summed E-state index contributed by atoms with van der Waals surface area (Å²) >= 11 is 7.56. The second kappa shape index (κ2) is 8.25. The molecular weight excluding hydrogens is 370 g/mol. The van der Waals surface area contributed by atoms with E-state index in [1.807, 2.05) is 35.7 Å². The molecule has 0 spiro atoms. The summed E-state index contributed by atoms with van der Waals surface area (Å²) < 4.78 is 0. The van der Waals surface area contributed by atoms with Crippen molar-refractivity contribution < 1.29 is 14.7 Å². The highest BCUT2D eigenvalue weighted by atomic mass is 35.5. The molecule has 26 heavy (non-hydrogen) atoms. The second-order valence-electron chi connectivity index (χ2n) is 5.84. The van der Waals surface area contributed by atoms with E-state index in [2.05, 4.69) is 4.98 Å². The molecule has 0 radical (unpaired) electrons. The number of rotatable bonds is 7. The molecule has 0 saturated carbocycles. The Kier molecular flexibility index (Phi) is 5.81. The van der Waals surface area contributed by atoms with Crippen LogP contribution >= 0.6 is 22.9 Å². The number of aliphatic carboxylic acids is 1. The smallest absolute Gasteiger partial charge is 0.311 e. The summed E-state index contributed by atoms with van der Waals surface area (Å²) in [5, 5.41) is 12.5. The quantitative estimate of drug-likeness (QED) is 0.632. The van der Waals surface area contributed by atoms with Crippen molar-refractivity contribution in [3.05, 3.63) is 76.3 Å². The van der Waals surface area contributed by atoms with Crippen LogP contribution in [0.4, 0.5) is 0 Å². The van der Waals surface area contributed by atoms with E-state index >= 15 is 0 Å². The van der Waals surface area contributed by atoms with Gasteiger partial charge in [0.05, 0.1) is 11.6 Å². The van der Waals surface area contributed by atoms with Crippen LogP contribution in [0.3, 0.4) is 0 Å². The normalized spacial score (nSPS) is 11.9. The van der Waals surface area contributed by atoms with Gasteiger partial charge in [-0.05, 0) is 11.6 Å². The van der Waals surface area contributed by atoms with Crippen LogP contribution in [0, 0.1) is 0 Å². The van der Waals surface area contributed by atoms with Gasteiger partial charge < -0.3 is 5.11 Å². The lowest BCUT2D eigenvalue weighted by molar-refractivity contribution is -0.140. The number of carboxylic acids is 1. The van der Waals surface area contributed by atoms with Crippen molar-refractivity contribution in [3.8, 4) is 10.6 Å². The first-order valence-electron chi connectivity index (χ1n) is 8.03. The molecule has 1 heterocycles. The molecule has 3 rings (SSSR count). The van der Waals surface area contributed by atoms with Gasteiger partial charge in [0.2, 0.25) is 0 Å². The van der Waals surface area contributed by atoms with Crippen molar-refractivity contribution in [1.29, 1.82) is 0 Å². The maximum atomic E-state index is 12.4. The van der Waals surface area contributed by atoms with Gasteiger partial charge in [-0.25, -0.2) is 4.98 Å². The first kappa shape index (κ1) is 18.3. The second-order valence-corrected chi connectivity index (χ2v) is 7.11. The number of hydrogen-bond donors (Lipinski definition) is 1. The molecule has 1 atom stereocenters. The topological polar surface area (TPSA) is 67.3 Å². The number of aromatic nitrogens is 1. The van der Waals surface area contributed by atoms with Gasteiger partial charge in [-0.2, -0.15) is 0 Å². The molecule has 3 aromatic rings. The van der Waals surface area contributed by atoms with Crippen molar-refractivity contribution >= 4 is 34.7 Å². The van der Waals surface area contributed by atoms with Crippen molar-refractivity contribution in [1.82, 2.24) is 4.98 Å². The van der Waals surface area contributed by atoms with E-state index in [1.165, 1.54) is 11.3 Å². The molecule has 2 aromatic carbocycles. The van der Waals surface area contributed by atoms with Crippen LogP contribution in [0.2, 0.25) is 5.02 Å². The number of nitrogens with zero attached hydrogens (tertiary/aromatic N) is 1. The Bertz CT molecular complexity index is 924. The molecule has 1 N–H and O–H groups in total. The molecule has 132 valence electrons.